The summed E-state index contributed by atoms with van der Waals surface area (Å²) < 4.78 is 38.7. The van der Waals surface area contributed by atoms with Gasteiger partial charge in [0.25, 0.3) is 0 Å². The van der Waals surface area contributed by atoms with Crippen LogP contribution < -0.4 is 5.32 Å². The molecule has 0 heterocycles. The van der Waals surface area contributed by atoms with E-state index in [4.69, 9.17) is 0 Å². The minimum Gasteiger partial charge on any atom is -0.355 e. The van der Waals surface area contributed by atoms with Crippen molar-refractivity contribution in [2.45, 2.75) is 47.2 Å². The van der Waals surface area contributed by atoms with Crippen LogP contribution in [0, 0.1) is 5.92 Å². The molecule has 0 radical (unpaired) electrons. The average molecular weight is 337 g/mol. The number of alkyl halides is 3. The minimum absolute atomic E-state index is 0.296. The highest BCUT2D eigenvalue weighted by atomic mass is 19.4. The lowest BCUT2D eigenvalue weighted by atomic mass is 9.92. The Morgan fingerprint density at radius 3 is 2.42 bits per heavy atom. The number of hydrogen-bond acceptors (Lipinski definition) is 1. The zero-order valence-corrected chi connectivity index (χ0v) is 15.0. The van der Waals surface area contributed by atoms with Crippen molar-refractivity contribution in [3.05, 3.63) is 64.9 Å². The topological polar surface area (TPSA) is 12.0 Å². The predicted molar refractivity (Wildman–Crippen MR) is 95.8 cm³/mol. The summed E-state index contributed by atoms with van der Waals surface area (Å²) in [6.07, 6.45) is 2.53. The van der Waals surface area contributed by atoms with Crippen molar-refractivity contribution >= 4 is 5.69 Å². The largest absolute Gasteiger partial charge is 0.416 e. The summed E-state index contributed by atoms with van der Waals surface area (Å²) >= 11 is 0. The van der Waals surface area contributed by atoms with Crippen molar-refractivity contribution in [2.24, 2.45) is 5.92 Å². The highest BCUT2D eigenvalue weighted by Gasteiger charge is 2.30. The van der Waals surface area contributed by atoms with Crippen LogP contribution in [0.15, 0.2) is 59.3 Å². The van der Waals surface area contributed by atoms with Gasteiger partial charge >= 0.3 is 6.18 Å². The number of allylic oxidation sites excluding steroid dienone is 5. The maximum absolute atomic E-state index is 12.9. The minimum atomic E-state index is -4.34. The zero-order chi connectivity index (χ0) is 18.3. The second-order valence-electron chi connectivity index (χ2n) is 6.04. The second kappa shape index (κ2) is 8.76. The second-order valence-corrected chi connectivity index (χ2v) is 6.04. The molecule has 0 fully saturated rings. The Hall–Kier alpha value is -1.97. The standard InChI is InChI=1S/C20H26F3N/c1-6-8-12-18(15(5)7-2)19(14(3)4)24-17-11-9-10-16(13-17)20(21,22)23/h6,8-13,15,24H,7H2,1-5H3/b8-6-,18-12-. The molecule has 0 aliphatic rings. The lowest BCUT2D eigenvalue weighted by Gasteiger charge is -2.22. The normalized spacial score (nSPS) is 13.9. The van der Waals surface area contributed by atoms with Gasteiger partial charge in [0.2, 0.25) is 0 Å². The van der Waals surface area contributed by atoms with Gasteiger partial charge in [-0.3, -0.25) is 0 Å². The van der Waals surface area contributed by atoms with Gasteiger partial charge in [-0.25, -0.2) is 0 Å². The summed E-state index contributed by atoms with van der Waals surface area (Å²) in [5.74, 6) is 0.296. The molecule has 4 heteroatoms. The van der Waals surface area contributed by atoms with Gasteiger partial charge < -0.3 is 5.32 Å². The maximum Gasteiger partial charge on any atom is 0.416 e. The molecule has 1 rings (SSSR count). The molecule has 1 aromatic rings. The van der Waals surface area contributed by atoms with Gasteiger partial charge in [-0.15, -0.1) is 0 Å². The van der Waals surface area contributed by atoms with Crippen molar-refractivity contribution in [1.29, 1.82) is 0 Å². The van der Waals surface area contributed by atoms with E-state index in [0.717, 1.165) is 35.4 Å². The van der Waals surface area contributed by atoms with E-state index in [0.29, 0.717) is 11.6 Å². The molecule has 0 spiro atoms. The van der Waals surface area contributed by atoms with E-state index >= 15 is 0 Å². The molecule has 132 valence electrons. The van der Waals surface area contributed by atoms with E-state index in [1.54, 1.807) is 6.07 Å². The number of halogens is 3. The molecule has 0 aliphatic carbocycles. The van der Waals surface area contributed by atoms with Crippen LogP contribution in [0.3, 0.4) is 0 Å². The van der Waals surface area contributed by atoms with E-state index in [-0.39, 0.29) is 0 Å². The number of anilines is 1. The molecular weight excluding hydrogens is 311 g/mol. The molecule has 0 bridgehead atoms. The zero-order valence-electron chi connectivity index (χ0n) is 15.0. The van der Waals surface area contributed by atoms with Gasteiger partial charge in [0.05, 0.1) is 5.56 Å². The highest BCUT2D eigenvalue weighted by molar-refractivity contribution is 5.56. The maximum atomic E-state index is 12.9. The van der Waals surface area contributed by atoms with Gasteiger partial charge in [0.1, 0.15) is 0 Å². The molecular formula is C20H26F3N. The van der Waals surface area contributed by atoms with E-state index < -0.39 is 11.7 Å². The summed E-state index contributed by atoms with van der Waals surface area (Å²) in [6.45, 7) is 10.1. The predicted octanol–water partition coefficient (Wildman–Crippen LogP) is 6.96. The van der Waals surface area contributed by atoms with E-state index in [1.165, 1.54) is 6.07 Å². The van der Waals surface area contributed by atoms with Crippen LogP contribution in [0.1, 0.15) is 46.6 Å². The smallest absolute Gasteiger partial charge is 0.355 e. The Bertz CT molecular complexity index is 633. The summed E-state index contributed by atoms with van der Waals surface area (Å²) in [4.78, 5) is 0. The fourth-order valence-corrected chi connectivity index (χ4v) is 2.32. The van der Waals surface area contributed by atoms with Crippen molar-refractivity contribution in [3.8, 4) is 0 Å². The Kier molecular flexibility index (Phi) is 7.33. The number of benzene rings is 1. The average Bonchev–Trinajstić information content (AvgIpc) is 2.52. The SMILES string of the molecule is C/C=C\C=C(/C(Nc1cccc(C(F)(F)F)c1)=C(C)C)C(C)CC. The van der Waals surface area contributed by atoms with Gasteiger partial charge in [-0.2, -0.15) is 13.2 Å². The van der Waals surface area contributed by atoms with E-state index in [2.05, 4.69) is 19.2 Å². The summed E-state index contributed by atoms with van der Waals surface area (Å²) in [5, 5.41) is 3.19. The van der Waals surface area contributed by atoms with Crippen LogP contribution in [0.2, 0.25) is 0 Å². The third-order valence-corrected chi connectivity index (χ3v) is 3.86. The first-order valence-electron chi connectivity index (χ1n) is 8.15. The summed E-state index contributed by atoms with van der Waals surface area (Å²) in [5.41, 5.74) is 2.79. The van der Waals surface area contributed by atoms with Crippen molar-refractivity contribution in [3.63, 3.8) is 0 Å². The Balaban J connectivity index is 3.26. The van der Waals surface area contributed by atoms with Crippen LogP contribution in [-0.4, -0.2) is 0 Å². The highest BCUT2D eigenvalue weighted by Crippen LogP contribution is 2.32. The molecule has 1 N–H and O–H groups in total. The van der Waals surface area contributed by atoms with Crippen LogP contribution in [-0.2, 0) is 6.18 Å². The van der Waals surface area contributed by atoms with Gasteiger partial charge in [-0.05, 0) is 56.9 Å². The first-order valence-corrected chi connectivity index (χ1v) is 8.15. The molecule has 1 atom stereocenters. The van der Waals surface area contributed by atoms with Crippen molar-refractivity contribution < 1.29 is 13.2 Å². The molecule has 1 nitrogen and oxygen atoms in total. The van der Waals surface area contributed by atoms with Crippen LogP contribution in [0.25, 0.3) is 0 Å². The van der Waals surface area contributed by atoms with E-state index in [9.17, 15) is 13.2 Å². The van der Waals surface area contributed by atoms with Gasteiger partial charge in [0, 0.05) is 11.4 Å². The first kappa shape index (κ1) is 20.1. The Morgan fingerprint density at radius 1 is 1.25 bits per heavy atom. The monoisotopic (exact) mass is 337 g/mol. The van der Waals surface area contributed by atoms with Crippen molar-refractivity contribution in [2.75, 3.05) is 5.32 Å². The molecule has 0 amide bonds. The molecule has 0 aromatic heterocycles. The van der Waals surface area contributed by atoms with Gasteiger partial charge in [-0.1, -0.05) is 43.7 Å². The molecule has 0 aliphatic heterocycles. The number of rotatable bonds is 6. The summed E-state index contributed by atoms with van der Waals surface area (Å²) in [7, 11) is 0. The van der Waals surface area contributed by atoms with E-state index in [1.807, 2.05) is 39.0 Å². The fraction of sp³-hybridized carbons (Fsp3) is 0.400. The van der Waals surface area contributed by atoms with Crippen LogP contribution in [0.5, 0.6) is 0 Å². The number of hydrogen-bond donors (Lipinski definition) is 1. The molecule has 1 unspecified atom stereocenters. The third kappa shape index (κ3) is 5.59. The summed E-state index contributed by atoms with van der Waals surface area (Å²) in [6, 6.07) is 5.31. The van der Waals surface area contributed by atoms with Gasteiger partial charge in [0.15, 0.2) is 0 Å². The first-order chi connectivity index (χ1) is 11.2. The molecule has 0 saturated carbocycles. The van der Waals surface area contributed by atoms with Crippen molar-refractivity contribution in [1.82, 2.24) is 0 Å². The van der Waals surface area contributed by atoms with Crippen LogP contribution >= 0.6 is 0 Å². The Morgan fingerprint density at radius 2 is 1.92 bits per heavy atom. The Labute approximate surface area is 143 Å². The number of nitrogens with one attached hydrogen (secondary N) is 1. The molecule has 24 heavy (non-hydrogen) atoms. The van der Waals surface area contributed by atoms with Crippen LogP contribution in [0.4, 0.5) is 18.9 Å². The third-order valence-electron chi connectivity index (χ3n) is 3.86. The lowest BCUT2D eigenvalue weighted by molar-refractivity contribution is -0.137. The lowest BCUT2D eigenvalue weighted by Crippen LogP contribution is -2.12. The fourth-order valence-electron chi connectivity index (χ4n) is 2.32. The molecule has 1 aromatic carbocycles. The quantitative estimate of drug-likeness (QED) is 0.553. The molecule has 0 saturated heterocycles.